The number of benzene rings is 2. The molecule has 2 aromatic rings. The largest absolute Gasteiger partial charge is 0.381 e. The van der Waals surface area contributed by atoms with E-state index in [2.05, 4.69) is 0 Å². The lowest BCUT2D eigenvalue weighted by Gasteiger charge is -2.16. The Balaban J connectivity index is 2.06. The third kappa shape index (κ3) is 3.22. The van der Waals surface area contributed by atoms with Gasteiger partial charge in [-0.05, 0) is 36.8 Å². The molecule has 1 saturated carbocycles. The van der Waals surface area contributed by atoms with Crippen LogP contribution in [0.15, 0.2) is 59.5 Å². The van der Waals surface area contributed by atoms with Gasteiger partial charge in [0.15, 0.2) is 9.84 Å². The van der Waals surface area contributed by atoms with E-state index in [1.165, 1.54) is 0 Å². The summed E-state index contributed by atoms with van der Waals surface area (Å²) in [6, 6.07) is 15.9. The van der Waals surface area contributed by atoms with Crippen molar-refractivity contribution in [2.45, 2.75) is 23.0 Å². The van der Waals surface area contributed by atoms with Crippen molar-refractivity contribution in [3.63, 3.8) is 0 Å². The van der Waals surface area contributed by atoms with Gasteiger partial charge in [0.2, 0.25) is 0 Å². The van der Waals surface area contributed by atoms with Gasteiger partial charge in [0, 0.05) is 29.5 Å². The van der Waals surface area contributed by atoms with Crippen molar-refractivity contribution in [3.8, 4) is 0 Å². The van der Waals surface area contributed by atoms with E-state index in [0.29, 0.717) is 23.1 Å². The van der Waals surface area contributed by atoms with Gasteiger partial charge in [0.25, 0.3) is 0 Å². The quantitative estimate of drug-likeness (QED) is 0.801. The molecule has 0 saturated heterocycles. The number of ether oxygens (including phenoxy) is 1. The summed E-state index contributed by atoms with van der Waals surface area (Å²) in [6.45, 7) is 2.96. The van der Waals surface area contributed by atoms with Gasteiger partial charge < -0.3 is 10.5 Å². The van der Waals surface area contributed by atoms with Crippen LogP contribution in [-0.2, 0) is 14.6 Å². The minimum Gasteiger partial charge on any atom is -0.381 e. The van der Waals surface area contributed by atoms with Gasteiger partial charge in [0.05, 0.1) is 16.8 Å². The first-order chi connectivity index (χ1) is 12.0. The van der Waals surface area contributed by atoms with Gasteiger partial charge in [-0.3, -0.25) is 0 Å². The van der Waals surface area contributed by atoms with Crippen molar-refractivity contribution < 1.29 is 13.2 Å². The van der Waals surface area contributed by atoms with E-state index in [4.69, 9.17) is 22.1 Å². The minimum absolute atomic E-state index is 0.229. The highest BCUT2D eigenvalue weighted by Crippen LogP contribution is 2.63. The van der Waals surface area contributed by atoms with Gasteiger partial charge in [-0.25, -0.2) is 8.42 Å². The normalized spacial score (nSPS) is 25.7. The highest BCUT2D eigenvalue weighted by Gasteiger charge is 2.70. The monoisotopic (exact) mass is 379 g/mol. The first-order valence-electron chi connectivity index (χ1n) is 8.29. The van der Waals surface area contributed by atoms with Crippen LogP contribution in [0.5, 0.6) is 0 Å². The van der Waals surface area contributed by atoms with Gasteiger partial charge in [-0.2, -0.15) is 0 Å². The molecule has 134 valence electrons. The summed E-state index contributed by atoms with van der Waals surface area (Å²) in [6.07, 6.45) is 0. The van der Waals surface area contributed by atoms with Gasteiger partial charge in [0.1, 0.15) is 0 Å². The van der Waals surface area contributed by atoms with Gasteiger partial charge >= 0.3 is 0 Å². The van der Waals surface area contributed by atoms with Crippen molar-refractivity contribution in [1.82, 2.24) is 0 Å². The van der Waals surface area contributed by atoms with Crippen LogP contribution in [0.4, 0.5) is 0 Å². The first kappa shape index (κ1) is 18.4. The Morgan fingerprint density at radius 2 is 1.88 bits per heavy atom. The zero-order valence-electron chi connectivity index (χ0n) is 14.1. The molecule has 1 aliphatic rings. The lowest BCUT2D eigenvalue weighted by Crippen LogP contribution is -2.29. The number of sulfone groups is 1. The van der Waals surface area contributed by atoms with Crippen LogP contribution in [0, 0.1) is 5.41 Å². The van der Waals surface area contributed by atoms with E-state index in [1.54, 1.807) is 36.4 Å². The second-order valence-electron chi connectivity index (χ2n) is 6.39. The molecule has 0 aliphatic heterocycles. The maximum atomic E-state index is 13.3. The van der Waals surface area contributed by atoms with E-state index >= 15 is 0 Å². The Bertz CT molecular complexity index is 841. The molecule has 0 bridgehead atoms. The summed E-state index contributed by atoms with van der Waals surface area (Å²) in [5, 5.41) is -0.0278. The Morgan fingerprint density at radius 3 is 2.48 bits per heavy atom. The fourth-order valence-electron chi connectivity index (χ4n) is 3.67. The lowest BCUT2D eigenvalue weighted by atomic mass is 10.00. The predicted molar refractivity (Wildman–Crippen MR) is 99.6 cm³/mol. The molecule has 0 radical (unpaired) electrons. The van der Waals surface area contributed by atoms with E-state index in [-0.39, 0.29) is 12.5 Å². The lowest BCUT2D eigenvalue weighted by molar-refractivity contribution is 0.101. The Labute approximate surface area is 153 Å². The van der Waals surface area contributed by atoms with Crippen LogP contribution < -0.4 is 5.73 Å². The molecule has 25 heavy (non-hydrogen) atoms. The van der Waals surface area contributed by atoms with Gasteiger partial charge in [-0.1, -0.05) is 41.9 Å². The van der Waals surface area contributed by atoms with Crippen LogP contribution >= 0.6 is 11.6 Å². The van der Waals surface area contributed by atoms with Crippen LogP contribution in [0.3, 0.4) is 0 Å². The fourth-order valence-corrected chi connectivity index (χ4v) is 6.34. The second kappa shape index (κ2) is 7.08. The van der Waals surface area contributed by atoms with Crippen LogP contribution in [0.25, 0.3) is 0 Å². The summed E-state index contributed by atoms with van der Waals surface area (Å²) in [5.74, 6) is -0.229. The molecule has 3 unspecified atom stereocenters. The maximum absolute atomic E-state index is 13.3. The van der Waals surface area contributed by atoms with Crippen molar-refractivity contribution in [2.75, 3.05) is 19.8 Å². The molecule has 3 rings (SSSR count). The van der Waals surface area contributed by atoms with Crippen molar-refractivity contribution in [3.05, 3.63) is 65.2 Å². The predicted octanol–water partition coefficient (Wildman–Crippen LogP) is 3.26. The molecular formula is C19H22ClNO3S. The van der Waals surface area contributed by atoms with E-state index < -0.39 is 20.5 Å². The third-order valence-electron chi connectivity index (χ3n) is 4.95. The SMILES string of the molecule is CCOCC1(CN)C(c2cccc(Cl)c2)C1S(=O)(=O)c1ccccc1. The zero-order chi connectivity index (χ0) is 18.1. The van der Waals surface area contributed by atoms with Gasteiger partial charge in [-0.15, -0.1) is 0 Å². The van der Waals surface area contributed by atoms with Crippen molar-refractivity contribution >= 4 is 21.4 Å². The maximum Gasteiger partial charge on any atom is 0.182 e. The molecule has 0 aromatic heterocycles. The van der Waals surface area contributed by atoms with Crippen LogP contribution in [0.2, 0.25) is 5.02 Å². The molecule has 0 amide bonds. The summed E-state index contributed by atoms with van der Waals surface area (Å²) in [7, 11) is -3.53. The molecule has 4 nitrogen and oxygen atoms in total. The second-order valence-corrected chi connectivity index (χ2v) is 8.89. The first-order valence-corrected chi connectivity index (χ1v) is 10.2. The molecule has 3 atom stereocenters. The topological polar surface area (TPSA) is 69.4 Å². The molecular weight excluding hydrogens is 358 g/mol. The summed E-state index contributed by atoms with van der Waals surface area (Å²) < 4.78 is 32.1. The number of nitrogens with two attached hydrogens (primary N) is 1. The summed E-state index contributed by atoms with van der Waals surface area (Å²) in [5.41, 5.74) is 6.32. The molecule has 1 fully saturated rings. The number of halogens is 1. The molecule has 2 aromatic carbocycles. The molecule has 0 spiro atoms. The van der Waals surface area contributed by atoms with E-state index in [0.717, 1.165) is 5.56 Å². The van der Waals surface area contributed by atoms with Crippen molar-refractivity contribution in [1.29, 1.82) is 0 Å². The standard InChI is InChI=1S/C19H22ClNO3S/c1-2-24-13-19(12-21)17(14-7-6-8-15(20)11-14)18(19)25(22,23)16-9-4-3-5-10-16/h3-11,17-18H,2,12-13,21H2,1H3. The molecule has 1 aliphatic carbocycles. The third-order valence-corrected chi connectivity index (χ3v) is 7.52. The van der Waals surface area contributed by atoms with Crippen molar-refractivity contribution in [2.24, 2.45) is 11.1 Å². The smallest absolute Gasteiger partial charge is 0.182 e. The number of hydrogen-bond acceptors (Lipinski definition) is 4. The van der Waals surface area contributed by atoms with Crippen LogP contribution in [0.1, 0.15) is 18.4 Å². The number of rotatable bonds is 7. The van der Waals surface area contributed by atoms with E-state index in [9.17, 15) is 8.42 Å². The summed E-state index contributed by atoms with van der Waals surface area (Å²) in [4.78, 5) is 0.318. The average Bonchev–Trinajstić information content (AvgIpc) is 3.31. The van der Waals surface area contributed by atoms with Crippen LogP contribution in [-0.4, -0.2) is 33.4 Å². The Hall–Kier alpha value is -1.40. The highest BCUT2D eigenvalue weighted by molar-refractivity contribution is 7.92. The summed E-state index contributed by atoms with van der Waals surface area (Å²) >= 11 is 6.12. The Morgan fingerprint density at radius 1 is 1.16 bits per heavy atom. The number of hydrogen-bond donors (Lipinski definition) is 1. The Kier molecular flexibility index (Phi) is 5.21. The average molecular weight is 380 g/mol. The zero-order valence-corrected chi connectivity index (χ0v) is 15.6. The molecule has 6 heteroatoms. The fraction of sp³-hybridized carbons (Fsp3) is 0.368. The molecule has 0 heterocycles. The minimum atomic E-state index is -3.53. The highest BCUT2D eigenvalue weighted by atomic mass is 35.5. The van der Waals surface area contributed by atoms with E-state index in [1.807, 2.05) is 25.1 Å². The molecule has 2 N–H and O–H groups in total.